The molecule has 2 unspecified atom stereocenters. The fourth-order valence-electron chi connectivity index (χ4n) is 2.04. The van der Waals surface area contributed by atoms with E-state index in [9.17, 15) is 0 Å². The number of hydrogen-bond donors (Lipinski definition) is 2. The summed E-state index contributed by atoms with van der Waals surface area (Å²) in [6.45, 7) is 4.67. The summed E-state index contributed by atoms with van der Waals surface area (Å²) < 4.78 is 0. The Bertz CT molecular complexity index is 135. The first-order valence-electron chi connectivity index (χ1n) is 5.78. The van der Waals surface area contributed by atoms with Gasteiger partial charge in [0.1, 0.15) is 0 Å². The van der Waals surface area contributed by atoms with Gasteiger partial charge >= 0.3 is 0 Å². The molecule has 0 spiro atoms. The van der Waals surface area contributed by atoms with Gasteiger partial charge in [-0.05, 0) is 39.0 Å². The predicted molar refractivity (Wildman–Crippen MR) is 66.1 cm³/mol. The lowest BCUT2D eigenvalue weighted by Gasteiger charge is -2.26. The molecule has 0 aromatic rings. The summed E-state index contributed by atoms with van der Waals surface area (Å²) in [5.74, 6) is 1.22. The Morgan fingerprint density at radius 1 is 1.50 bits per heavy atom. The van der Waals surface area contributed by atoms with Crippen molar-refractivity contribution >= 4 is 11.8 Å². The lowest BCUT2D eigenvalue weighted by molar-refractivity contribution is 0.348. The molecular weight excluding hydrogens is 192 g/mol. The van der Waals surface area contributed by atoms with Crippen LogP contribution < -0.4 is 10.6 Å². The summed E-state index contributed by atoms with van der Waals surface area (Å²) in [5.41, 5.74) is 0. The average Bonchev–Trinajstić information content (AvgIpc) is 2.20. The molecule has 0 saturated carbocycles. The van der Waals surface area contributed by atoms with Crippen LogP contribution in [0.25, 0.3) is 0 Å². The van der Waals surface area contributed by atoms with Crippen molar-refractivity contribution in [2.75, 3.05) is 25.1 Å². The van der Waals surface area contributed by atoms with E-state index in [1.54, 1.807) is 0 Å². The second kappa shape index (κ2) is 7.55. The van der Waals surface area contributed by atoms with Crippen LogP contribution in [0.1, 0.15) is 32.6 Å². The zero-order chi connectivity index (χ0) is 10.2. The molecule has 2 nitrogen and oxygen atoms in total. The minimum absolute atomic E-state index is 0.665. The van der Waals surface area contributed by atoms with Crippen LogP contribution in [0.2, 0.25) is 0 Å². The van der Waals surface area contributed by atoms with Crippen LogP contribution in [0.3, 0.4) is 0 Å². The molecule has 0 amide bonds. The predicted octanol–water partition coefficient (Wildman–Crippen LogP) is 1.86. The van der Waals surface area contributed by atoms with Crippen LogP contribution in [0, 0.1) is 0 Å². The number of thioether (sulfide) groups is 1. The Balaban J connectivity index is 2.03. The monoisotopic (exact) mass is 216 g/mol. The molecule has 2 atom stereocenters. The smallest absolute Gasteiger partial charge is 0.00817 e. The van der Waals surface area contributed by atoms with Gasteiger partial charge < -0.3 is 10.6 Å². The summed E-state index contributed by atoms with van der Waals surface area (Å²) >= 11 is 1.91. The normalized spacial score (nSPS) is 24.9. The molecule has 1 fully saturated rings. The third-order valence-corrected chi connectivity index (χ3v) is 3.46. The van der Waals surface area contributed by atoms with E-state index in [-0.39, 0.29) is 0 Å². The molecule has 1 aliphatic heterocycles. The Kier molecular flexibility index (Phi) is 6.65. The van der Waals surface area contributed by atoms with Gasteiger partial charge in [0.15, 0.2) is 0 Å². The number of hydrogen-bond acceptors (Lipinski definition) is 3. The van der Waals surface area contributed by atoms with Crippen molar-refractivity contribution in [2.24, 2.45) is 0 Å². The molecular formula is C11H24N2S. The van der Waals surface area contributed by atoms with Crippen LogP contribution in [-0.2, 0) is 0 Å². The highest BCUT2D eigenvalue weighted by Gasteiger charge is 2.14. The molecule has 1 aliphatic rings. The van der Waals surface area contributed by atoms with E-state index < -0.39 is 0 Å². The lowest BCUT2D eigenvalue weighted by atomic mass is 9.99. The topological polar surface area (TPSA) is 24.1 Å². The third-order valence-electron chi connectivity index (χ3n) is 2.85. The van der Waals surface area contributed by atoms with Crippen molar-refractivity contribution in [1.82, 2.24) is 10.6 Å². The highest BCUT2D eigenvalue weighted by atomic mass is 32.2. The molecule has 84 valence electrons. The maximum absolute atomic E-state index is 3.60. The highest BCUT2D eigenvalue weighted by molar-refractivity contribution is 7.98. The SMILES string of the molecule is CSCCNC(C)CC1CCCCN1. The van der Waals surface area contributed by atoms with Gasteiger partial charge in [-0.1, -0.05) is 6.42 Å². The summed E-state index contributed by atoms with van der Waals surface area (Å²) in [6, 6.07) is 1.43. The first kappa shape index (κ1) is 12.3. The summed E-state index contributed by atoms with van der Waals surface area (Å²) in [7, 11) is 0. The van der Waals surface area contributed by atoms with Gasteiger partial charge in [0, 0.05) is 24.4 Å². The van der Waals surface area contributed by atoms with Crippen LogP contribution in [0.4, 0.5) is 0 Å². The van der Waals surface area contributed by atoms with E-state index in [1.807, 2.05) is 11.8 Å². The van der Waals surface area contributed by atoms with E-state index in [0.717, 1.165) is 12.6 Å². The van der Waals surface area contributed by atoms with E-state index >= 15 is 0 Å². The second-order valence-corrected chi connectivity index (χ2v) is 5.22. The van der Waals surface area contributed by atoms with Crippen molar-refractivity contribution in [1.29, 1.82) is 0 Å². The van der Waals surface area contributed by atoms with E-state index in [0.29, 0.717) is 6.04 Å². The Hall–Kier alpha value is 0.270. The minimum atomic E-state index is 0.665. The largest absolute Gasteiger partial charge is 0.314 e. The van der Waals surface area contributed by atoms with Gasteiger partial charge in [0.2, 0.25) is 0 Å². The van der Waals surface area contributed by atoms with Crippen LogP contribution >= 0.6 is 11.8 Å². The van der Waals surface area contributed by atoms with Gasteiger partial charge in [-0.2, -0.15) is 11.8 Å². The van der Waals surface area contributed by atoms with Gasteiger partial charge in [0.05, 0.1) is 0 Å². The van der Waals surface area contributed by atoms with Crippen LogP contribution in [-0.4, -0.2) is 37.2 Å². The number of rotatable bonds is 6. The first-order valence-corrected chi connectivity index (χ1v) is 7.18. The summed E-state index contributed by atoms with van der Waals surface area (Å²) in [6.07, 6.45) is 7.60. The molecule has 1 rings (SSSR count). The molecule has 1 heterocycles. The second-order valence-electron chi connectivity index (χ2n) is 4.23. The molecule has 0 aromatic heterocycles. The third kappa shape index (κ3) is 5.23. The van der Waals surface area contributed by atoms with Crippen LogP contribution in [0.15, 0.2) is 0 Å². The average molecular weight is 216 g/mol. The molecule has 14 heavy (non-hydrogen) atoms. The quantitative estimate of drug-likeness (QED) is 0.663. The molecule has 0 radical (unpaired) electrons. The molecule has 0 aliphatic carbocycles. The fourth-order valence-corrected chi connectivity index (χ4v) is 2.36. The maximum Gasteiger partial charge on any atom is 0.00817 e. The maximum atomic E-state index is 3.60. The Morgan fingerprint density at radius 3 is 3.00 bits per heavy atom. The van der Waals surface area contributed by atoms with Crippen molar-refractivity contribution in [3.63, 3.8) is 0 Å². The van der Waals surface area contributed by atoms with Crippen LogP contribution in [0.5, 0.6) is 0 Å². The lowest BCUT2D eigenvalue weighted by Crippen LogP contribution is -2.40. The van der Waals surface area contributed by atoms with Crippen molar-refractivity contribution < 1.29 is 0 Å². The molecule has 2 N–H and O–H groups in total. The standard InChI is InChI=1S/C11H24N2S/c1-10(12-7-8-14-2)9-11-5-3-4-6-13-11/h10-13H,3-9H2,1-2H3. The van der Waals surface area contributed by atoms with Gasteiger partial charge in [0.25, 0.3) is 0 Å². The zero-order valence-electron chi connectivity index (χ0n) is 9.51. The minimum Gasteiger partial charge on any atom is -0.314 e. The van der Waals surface area contributed by atoms with Gasteiger partial charge in [-0.25, -0.2) is 0 Å². The number of nitrogens with one attached hydrogen (secondary N) is 2. The van der Waals surface area contributed by atoms with E-state index in [2.05, 4.69) is 23.8 Å². The Morgan fingerprint density at radius 2 is 2.36 bits per heavy atom. The molecule has 1 saturated heterocycles. The first-order chi connectivity index (χ1) is 6.83. The molecule has 3 heteroatoms. The molecule has 0 bridgehead atoms. The zero-order valence-corrected chi connectivity index (χ0v) is 10.3. The van der Waals surface area contributed by atoms with Crippen molar-refractivity contribution in [3.05, 3.63) is 0 Å². The van der Waals surface area contributed by atoms with E-state index in [1.165, 1.54) is 38.0 Å². The van der Waals surface area contributed by atoms with E-state index in [4.69, 9.17) is 0 Å². The van der Waals surface area contributed by atoms with Gasteiger partial charge in [-0.3, -0.25) is 0 Å². The fraction of sp³-hybridized carbons (Fsp3) is 1.00. The molecule has 0 aromatic carbocycles. The van der Waals surface area contributed by atoms with Crippen molar-refractivity contribution in [3.8, 4) is 0 Å². The Labute approximate surface area is 92.6 Å². The van der Waals surface area contributed by atoms with Crippen molar-refractivity contribution in [2.45, 2.75) is 44.7 Å². The van der Waals surface area contributed by atoms with Gasteiger partial charge in [-0.15, -0.1) is 0 Å². The summed E-state index contributed by atoms with van der Waals surface area (Å²) in [5, 5.41) is 7.17. The highest BCUT2D eigenvalue weighted by Crippen LogP contribution is 2.11. The summed E-state index contributed by atoms with van der Waals surface area (Å²) in [4.78, 5) is 0. The number of piperidine rings is 1.